The number of likely N-dealkylation sites (tertiary alicyclic amines) is 1. The van der Waals surface area contributed by atoms with Crippen molar-refractivity contribution < 1.29 is 24.2 Å². The molecule has 1 amide bonds. The van der Waals surface area contributed by atoms with Crippen LogP contribution in [-0.4, -0.2) is 83.3 Å². The summed E-state index contributed by atoms with van der Waals surface area (Å²) in [6, 6.07) is 0. The highest BCUT2D eigenvalue weighted by atomic mass is 16.6. The Morgan fingerprint density at radius 2 is 2.04 bits per heavy atom. The number of esters is 1. The third-order valence-corrected chi connectivity index (χ3v) is 5.57. The van der Waals surface area contributed by atoms with Crippen molar-refractivity contribution in [3.05, 3.63) is 17.0 Å². The Balaban J connectivity index is 0.000000878. The normalized spacial score (nSPS) is 20.7. The number of cyclic esters (lactones) is 1. The highest BCUT2D eigenvalue weighted by molar-refractivity contribution is 5.94. The number of ether oxygens (including phenoxy) is 1. The molecule has 2 saturated heterocycles. The van der Waals surface area contributed by atoms with Crippen molar-refractivity contribution in [2.75, 3.05) is 33.7 Å². The Labute approximate surface area is 165 Å². The van der Waals surface area contributed by atoms with E-state index in [0.717, 1.165) is 30.6 Å². The Morgan fingerprint density at radius 3 is 2.54 bits per heavy atom. The van der Waals surface area contributed by atoms with Crippen molar-refractivity contribution in [2.45, 2.75) is 45.6 Å². The van der Waals surface area contributed by atoms with Gasteiger partial charge in [0.15, 0.2) is 5.69 Å². The molecule has 9 heteroatoms. The maximum atomic E-state index is 12.8. The number of nitrogens with zero attached hydrogens (tertiary/aromatic N) is 3. The quantitative estimate of drug-likeness (QED) is 0.580. The van der Waals surface area contributed by atoms with Crippen LogP contribution in [0.5, 0.6) is 0 Å². The first-order valence-corrected chi connectivity index (χ1v) is 9.54. The van der Waals surface area contributed by atoms with E-state index in [9.17, 15) is 9.59 Å². The van der Waals surface area contributed by atoms with E-state index in [1.807, 2.05) is 37.7 Å². The molecule has 0 radical (unpaired) electrons. The summed E-state index contributed by atoms with van der Waals surface area (Å²) in [5.41, 5.74) is 2.03. The molecule has 1 unspecified atom stereocenters. The second kappa shape index (κ2) is 9.18. The zero-order valence-electron chi connectivity index (χ0n) is 17.0. The first-order valence-electron chi connectivity index (χ1n) is 9.54. The number of nitrogens with one attached hydrogen (secondary N) is 1. The lowest BCUT2D eigenvalue weighted by Crippen LogP contribution is -2.45. The number of amides is 1. The summed E-state index contributed by atoms with van der Waals surface area (Å²) in [5.74, 6) is -0.129. The molecule has 2 aliphatic rings. The predicted molar refractivity (Wildman–Crippen MR) is 102 cm³/mol. The molecular formula is C19H30N4O5. The summed E-state index contributed by atoms with van der Waals surface area (Å²) < 4.78 is 5.58. The number of likely N-dealkylation sites (N-methyl/N-ethyl adjacent to an activating group) is 1. The fourth-order valence-electron chi connectivity index (χ4n) is 4.03. The first kappa shape index (κ1) is 21.9. The van der Waals surface area contributed by atoms with E-state index in [2.05, 4.69) is 10.2 Å². The summed E-state index contributed by atoms with van der Waals surface area (Å²) in [6.45, 7) is 5.63. The first-order chi connectivity index (χ1) is 13.3. The maximum absolute atomic E-state index is 12.8. The molecule has 3 rings (SSSR count). The number of piperidine rings is 1. The van der Waals surface area contributed by atoms with E-state index >= 15 is 0 Å². The van der Waals surface area contributed by atoms with Crippen molar-refractivity contribution in [1.82, 2.24) is 20.0 Å². The monoisotopic (exact) mass is 394 g/mol. The van der Waals surface area contributed by atoms with E-state index in [-0.39, 0.29) is 24.5 Å². The number of rotatable bonds is 4. The SMILES string of the molecule is CCc1[nH]nc(C(=O)N2CCC3(CC2)CC(CN(C)C)OC3=O)c1C.O=CO. The minimum absolute atomic E-state index is 0.0366. The van der Waals surface area contributed by atoms with Crippen molar-refractivity contribution in [3.8, 4) is 0 Å². The fraction of sp³-hybridized carbons (Fsp3) is 0.684. The van der Waals surface area contributed by atoms with Gasteiger partial charge in [0, 0.05) is 37.3 Å². The predicted octanol–water partition coefficient (Wildman–Crippen LogP) is 1.08. The molecule has 28 heavy (non-hydrogen) atoms. The molecule has 0 aliphatic carbocycles. The van der Waals surface area contributed by atoms with Gasteiger partial charge in [0.05, 0.1) is 5.41 Å². The minimum atomic E-state index is -0.410. The average molecular weight is 394 g/mol. The number of carboxylic acid groups (broad SMARTS) is 1. The number of aryl methyl sites for hydroxylation is 1. The summed E-state index contributed by atoms with van der Waals surface area (Å²) >= 11 is 0. The molecule has 2 aliphatic heterocycles. The summed E-state index contributed by atoms with van der Waals surface area (Å²) in [6.07, 6.45) is 2.89. The number of hydrogen-bond donors (Lipinski definition) is 2. The molecule has 1 aromatic rings. The molecule has 1 aromatic heterocycles. The van der Waals surface area contributed by atoms with Crippen molar-refractivity contribution in [3.63, 3.8) is 0 Å². The van der Waals surface area contributed by atoms with E-state index in [1.54, 1.807) is 0 Å². The molecule has 0 bridgehead atoms. The van der Waals surface area contributed by atoms with Crippen LogP contribution in [0.3, 0.4) is 0 Å². The Kier molecular flexibility index (Phi) is 7.17. The fourth-order valence-corrected chi connectivity index (χ4v) is 4.03. The third kappa shape index (κ3) is 4.52. The topological polar surface area (TPSA) is 116 Å². The summed E-state index contributed by atoms with van der Waals surface area (Å²) in [7, 11) is 3.97. The standard InChI is InChI=1S/C18H28N4O3.CH2O2/c1-5-14-12(2)15(20-19-14)16(23)22-8-6-18(7-9-22)10-13(11-21(3)4)25-17(18)24;2-1-3/h13H,5-11H2,1-4H3,(H,19,20);1H,(H,2,3). The lowest BCUT2D eigenvalue weighted by Gasteiger charge is -2.36. The van der Waals surface area contributed by atoms with Crippen LogP contribution in [0.4, 0.5) is 0 Å². The van der Waals surface area contributed by atoms with Gasteiger partial charge in [-0.1, -0.05) is 6.92 Å². The van der Waals surface area contributed by atoms with E-state index in [1.165, 1.54) is 0 Å². The van der Waals surface area contributed by atoms with Crippen LogP contribution >= 0.6 is 0 Å². The largest absolute Gasteiger partial charge is 0.483 e. The highest BCUT2D eigenvalue weighted by Crippen LogP contribution is 2.43. The molecule has 0 aromatic carbocycles. The van der Waals surface area contributed by atoms with Crippen molar-refractivity contribution in [2.24, 2.45) is 5.41 Å². The number of H-pyrrole nitrogens is 1. The molecule has 2 fully saturated rings. The minimum Gasteiger partial charge on any atom is -0.483 e. The zero-order valence-corrected chi connectivity index (χ0v) is 17.0. The molecule has 3 heterocycles. The summed E-state index contributed by atoms with van der Waals surface area (Å²) in [4.78, 5) is 37.4. The van der Waals surface area contributed by atoms with E-state index in [0.29, 0.717) is 31.6 Å². The Morgan fingerprint density at radius 1 is 1.43 bits per heavy atom. The van der Waals surface area contributed by atoms with Crippen LogP contribution < -0.4 is 0 Å². The number of carbonyl (C=O) groups excluding carboxylic acids is 2. The summed E-state index contributed by atoms with van der Waals surface area (Å²) in [5, 5.41) is 14.0. The Bertz CT molecular complexity index is 707. The molecule has 156 valence electrons. The van der Waals surface area contributed by atoms with Gasteiger partial charge in [0.2, 0.25) is 0 Å². The van der Waals surface area contributed by atoms with Crippen molar-refractivity contribution in [1.29, 1.82) is 0 Å². The van der Waals surface area contributed by atoms with Gasteiger partial charge < -0.3 is 19.6 Å². The second-order valence-corrected chi connectivity index (χ2v) is 7.70. The third-order valence-electron chi connectivity index (χ3n) is 5.57. The van der Waals surface area contributed by atoms with Crippen LogP contribution in [0.15, 0.2) is 0 Å². The molecule has 9 nitrogen and oxygen atoms in total. The molecule has 0 saturated carbocycles. The van der Waals surface area contributed by atoms with E-state index < -0.39 is 5.41 Å². The highest BCUT2D eigenvalue weighted by Gasteiger charge is 2.51. The van der Waals surface area contributed by atoms with Gasteiger partial charge in [-0.25, -0.2) is 0 Å². The number of aromatic amines is 1. The van der Waals surface area contributed by atoms with Gasteiger partial charge in [0.25, 0.3) is 12.4 Å². The number of carbonyl (C=O) groups is 3. The molecule has 2 N–H and O–H groups in total. The van der Waals surface area contributed by atoms with Gasteiger partial charge in [-0.05, 0) is 40.3 Å². The van der Waals surface area contributed by atoms with E-state index in [4.69, 9.17) is 14.6 Å². The second-order valence-electron chi connectivity index (χ2n) is 7.70. The van der Waals surface area contributed by atoms with Crippen LogP contribution in [0, 0.1) is 12.3 Å². The van der Waals surface area contributed by atoms with Gasteiger partial charge >= 0.3 is 5.97 Å². The lowest BCUT2D eigenvalue weighted by molar-refractivity contribution is -0.150. The number of aromatic nitrogens is 2. The molecular weight excluding hydrogens is 364 g/mol. The Hall–Kier alpha value is -2.42. The smallest absolute Gasteiger partial charge is 0.312 e. The number of hydrogen-bond acceptors (Lipinski definition) is 6. The van der Waals surface area contributed by atoms with Gasteiger partial charge in [0.1, 0.15) is 6.10 Å². The van der Waals surface area contributed by atoms with Crippen LogP contribution in [0.2, 0.25) is 0 Å². The van der Waals surface area contributed by atoms with Crippen molar-refractivity contribution >= 4 is 18.3 Å². The lowest BCUT2D eigenvalue weighted by atomic mass is 9.76. The molecule has 1 spiro atoms. The maximum Gasteiger partial charge on any atom is 0.312 e. The van der Waals surface area contributed by atoms with Gasteiger partial charge in [-0.15, -0.1) is 0 Å². The van der Waals surface area contributed by atoms with Crippen LogP contribution in [0.25, 0.3) is 0 Å². The molecule has 1 atom stereocenters. The van der Waals surface area contributed by atoms with Crippen LogP contribution in [-0.2, 0) is 20.7 Å². The zero-order chi connectivity index (χ0) is 20.9. The average Bonchev–Trinajstić information content (AvgIpc) is 3.15. The van der Waals surface area contributed by atoms with Crippen LogP contribution in [0.1, 0.15) is 47.9 Å². The van der Waals surface area contributed by atoms with Gasteiger partial charge in [-0.2, -0.15) is 5.10 Å². The van der Waals surface area contributed by atoms with Gasteiger partial charge in [-0.3, -0.25) is 19.5 Å².